The standard InChI is InChI=1S/C22H31NO6/c1-14(2)28-22(25)23-12-17(18(13-23)21(24)27-4)15-9-10-19(26-3)20(11-15)29-16-7-5-6-8-16/h9-11,14,16-18H,5-8,12-13H2,1-4H3/t17-,18+/m0/s1. The molecule has 2 fully saturated rings. The average Bonchev–Trinajstić information content (AvgIpc) is 3.36. The zero-order valence-corrected chi connectivity index (χ0v) is 17.7. The van der Waals surface area contributed by atoms with Crippen molar-refractivity contribution < 1.29 is 28.5 Å². The monoisotopic (exact) mass is 405 g/mol. The molecular formula is C22H31NO6. The summed E-state index contributed by atoms with van der Waals surface area (Å²) in [5.41, 5.74) is 0.925. The second-order valence-electron chi connectivity index (χ2n) is 8.01. The molecule has 1 aliphatic carbocycles. The van der Waals surface area contributed by atoms with Crippen LogP contribution in [0, 0.1) is 5.92 Å². The van der Waals surface area contributed by atoms with Crippen molar-refractivity contribution in [2.24, 2.45) is 5.92 Å². The maximum absolute atomic E-state index is 12.4. The summed E-state index contributed by atoms with van der Waals surface area (Å²) in [4.78, 5) is 26.4. The minimum atomic E-state index is -0.451. The van der Waals surface area contributed by atoms with E-state index >= 15 is 0 Å². The van der Waals surface area contributed by atoms with Gasteiger partial charge >= 0.3 is 12.1 Å². The van der Waals surface area contributed by atoms with Gasteiger partial charge in [-0.15, -0.1) is 0 Å². The first-order chi connectivity index (χ1) is 13.9. The van der Waals surface area contributed by atoms with Gasteiger partial charge in [-0.25, -0.2) is 4.79 Å². The fourth-order valence-electron chi connectivity index (χ4n) is 4.16. The molecule has 3 rings (SSSR count). The van der Waals surface area contributed by atoms with Gasteiger partial charge in [-0.2, -0.15) is 0 Å². The molecule has 2 aliphatic rings. The van der Waals surface area contributed by atoms with Crippen LogP contribution < -0.4 is 9.47 Å². The van der Waals surface area contributed by atoms with E-state index in [-0.39, 0.29) is 30.6 Å². The summed E-state index contributed by atoms with van der Waals surface area (Å²) in [5, 5.41) is 0. The summed E-state index contributed by atoms with van der Waals surface area (Å²) in [6, 6.07) is 5.73. The molecule has 1 saturated carbocycles. The molecule has 1 aromatic carbocycles. The van der Waals surface area contributed by atoms with Crippen LogP contribution in [0.1, 0.15) is 51.0 Å². The van der Waals surface area contributed by atoms with Crippen LogP contribution in [0.5, 0.6) is 11.5 Å². The van der Waals surface area contributed by atoms with Crippen molar-refractivity contribution in [3.63, 3.8) is 0 Å². The number of hydrogen-bond acceptors (Lipinski definition) is 6. The number of esters is 1. The van der Waals surface area contributed by atoms with Crippen molar-refractivity contribution in [1.29, 1.82) is 0 Å². The van der Waals surface area contributed by atoms with Gasteiger partial charge < -0.3 is 23.8 Å². The van der Waals surface area contributed by atoms with Crippen LogP contribution in [0.4, 0.5) is 4.79 Å². The van der Waals surface area contributed by atoms with E-state index in [0.717, 1.165) is 18.4 Å². The van der Waals surface area contributed by atoms with Gasteiger partial charge in [0.1, 0.15) is 0 Å². The number of amides is 1. The molecule has 2 atom stereocenters. The van der Waals surface area contributed by atoms with Crippen LogP contribution in [0.25, 0.3) is 0 Å². The molecule has 7 heteroatoms. The van der Waals surface area contributed by atoms with Crippen LogP contribution >= 0.6 is 0 Å². The third-order valence-electron chi connectivity index (χ3n) is 5.63. The molecule has 29 heavy (non-hydrogen) atoms. The molecule has 1 heterocycles. The highest BCUT2D eigenvalue weighted by Gasteiger charge is 2.42. The van der Waals surface area contributed by atoms with Crippen molar-refractivity contribution in [3.8, 4) is 11.5 Å². The van der Waals surface area contributed by atoms with E-state index in [1.165, 1.54) is 20.0 Å². The Morgan fingerprint density at radius 3 is 2.41 bits per heavy atom. The van der Waals surface area contributed by atoms with E-state index in [1.807, 2.05) is 18.2 Å². The molecule has 160 valence electrons. The molecule has 7 nitrogen and oxygen atoms in total. The molecule has 0 unspecified atom stereocenters. The minimum absolute atomic E-state index is 0.191. The first-order valence-electron chi connectivity index (χ1n) is 10.3. The Morgan fingerprint density at radius 2 is 1.79 bits per heavy atom. The zero-order chi connectivity index (χ0) is 21.0. The lowest BCUT2D eigenvalue weighted by Gasteiger charge is -2.21. The third kappa shape index (κ3) is 4.95. The molecule has 1 aliphatic heterocycles. The summed E-state index contributed by atoms with van der Waals surface area (Å²) < 4.78 is 22.0. The van der Waals surface area contributed by atoms with E-state index in [4.69, 9.17) is 18.9 Å². The smallest absolute Gasteiger partial charge is 0.410 e. The number of benzene rings is 1. The van der Waals surface area contributed by atoms with E-state index in [2.05, 4.69) is 0 Å². The number of rotatable bonds is 6. The van der Waals surface area contributed by atoms with Crippen LogP contribution in [-0.2, 0) is 14.3 Å². The fraction of sp³-hybridized carbons (Fsp3) is 0.636. The maximum atomic E-state index is 12.4. The molecule has 0 spiro atoms. The molecule has 0 N–H and O–H groups in total. The van der Waals surface area contributed by atoms with Gasteiger partial charge in [0, 0.05) is 19.0 Å². The Bertz CT molecular complexity index is 728. The first kappa shape index (κ1) is 21.3. The predicted molar refractivity (Wildman–Crippen MR) is 107 cm³/mol. The molecule has 1 amide bonds. The second-order valence-corrected chi connectivity index (χ2v) is 8.01. The quantitative estimate of drug-likeness (QED) is 0.671. The summed E-state index contributed by atoms with van der Waals surface area (Å²) >= 11 is 0. The third-order valence-corrected chi connectivity index (χ3v) is 5.63. The SMILES string of the molecule is COC(=O)[C@@H]1CN(C(=O)OC(C)C)C[C@H]1c1ccc(OC)c(OC2CCCC2)c1. The first-order valence-corrected chi connectivity index (χ1v) is 10.3. The lowest BCUT2D eigenvalue weighted by molar-refractivity contribution is -0.145. The Morgan fingerprint density at radius 1 is 1.07 bits per heavy atom. The van der Waals surface area contributed by atoms with Crippen molar-refractivity contribution in [3.05, 3.63) is 23.8 Å². The molecule has 1 aromatic rings. The highest BCUT2D eigenvalue weighted by molar-refractivity contribution is 5.77. The molecule has 0 bridgehead atoms. The van der Waals surface area contributed by atoms with Gasteiger partial charge in [0.25, 0.3) is 0 Å². The maximum Gasteiger partial charge on any atom is 0.410 e. The topological polar surface area (TPSA) is 74.3 Å². The number of carbonyl (C=O) groups is 2. The highest BCUT2D eigenvalue weighted by atomic mass is 16.6. The van der Waals surface area contributed by atoms with E-state index in [1.54, 1.807) is 25.9 Å². The van der Waals surface area contributed by atoms with Gasteiger partial charge in [-0.1, -0.05) is 6.07 Å². The van der Waals surface area contributed by atoms with E-state index in [9.17, 15) is 9.59 Å². The molecule has 0 aromatic heterocycles. The lowest BCUT2D eigenvalue weighted by Crippen LogP contribution is -2.32. The lowest BCUT2D eigenvalue weighted by atomic mass is 9.89. The number of carbonyl (C=O) groups excluding carboxylic acids is 2. The van der Waals surface area contributed by atoms with Gasteiger partial charge in [0.15, 0.2) is 11.5 Å². The largest absolute Gasteiger partial charge is 0.493 e. The van der Waals surface area contributed by atoms with Gasteiger partial charge in [-0.3, -0.25) is 4.79 Å². The second kappa shape index (κ2) is 9.37. The van der Waals surface area contributed by atoms with Crippen molar-refractivity contribution in [2.75, 3.05) is 27.3 Å². The van der Waals surface area contributed by atoms with Crippen molar-refractivity contribution in [2.45, 2.75) is 57.7 Å². The normalized spacial score (nSPS) is 22.0. The number of methoxy groups -OCH3 is 2. The molecule has 0 radical (unpaired) electrons. The van der Waals surface area contributed by atoms with Crippen LogP contribution in [0.2, 0.25) is 0 Å². The number of nitrogens with zero attached hydrogens (tertiary/aromatic N) is 1. The Kier molecular flexibility index (Phi) is 6.87. The molecule has 1 saturated heterocycles. The van der Waals surface area contributed by atoms with Crippen molar-refractivity contribution >= 4 is 12.1 Å². The molecular weight excluding hydrogens is 374 g/mol. The van der Waals surface area contributed by atoms with Gasteiger partial charge in [0.2, 0.25) is 0 Å². The Balaban J connectivity index is 1.85. The fourth-order valence-corrected chi connectivity index (χ4v) is 4.16. The predicted octanol–water partition coefficient (Wildman–Crippen LogP) is 3.75. The highest BCUT2D eigenvalue weighted by Crippen LogP contribution is 2.39. The van der Waals surface area contributed by atoms with E-state index < -0.39 is 12.0 Å². The van der Waals surface area contributed by atoms with Crippen LogP contribution in [0.15, 0.2) is 18.2 Å². The summed E-state index contributed by atoms with van der Waals surface area (Å²) in [6.45, 7) is 4.27. The summed E-state index contributed by atoms with van der Waals surface area (Å²) in [5.74, 6) is 0.378. The minimum Gasteiger partial charge on any atom is -0.493 e. The van der Waals surface area contributed by atoms with Crippen LogP contribution in [0.3, 0.4) is 0 Å². The van der Waals surface area contributed by atoms with E-state index in [0.29, 0.717) is 18.0 Å². The summed E-state index contributed by atoms with van der Waals surface area (Å²) in [6.07, 6.45) is 3.99. The number of hydrogen-bond donors (Lipinski definition) is 0. The van der Waals surface area contributed by atoms with Crippen LogP contribution in [-0.4, -0.2) is 56.5 Å². The Hall–Kier alpha value is -2.44. The average molecular weight is 405 g/mol. The van der Waals surface area contributed by atoms with Gasteiger partial charge in [0.05, 0.1) is 32.3 Å². The van der Waals surface area contributed by atoms with Crippen molar-refractivity contribution in [1.82, 2.24) is 4.90 Å². The van der Waals surface area contributed by atoms with Gasteiger partial charge in [-0.05, 0) is 57.2 Å². The zero-order valence-electron chi connectivity index (χ0n) is 17.7. The number of likely N-dealkylation sites (tertiary alicyclic amines) is 1. The number of ether oxygens (including phenoxy) is 4. The Labute approximate surface area is 172 Å². The summed E-state index contributed by atoms with van der Waals surface area (Å²) in [7, 11) is 2.99.